The summed E-state index contributed by atoms with van der Waals surface area (Å²) < 4.78 is 2.32. The third kappa shape index (κ3) is 5.43. The number of hydrogen-bond acceptors (Lipinski definition) is 2. The molecule has 1 aromatic heterocycles. The number of para-hydroxylation sites is 2. The summed E-state index contributed by atoms with van der Waals surface area (Å²) in [5.41, 5.74) is 3.43. The molecule has 3 rings (SSSR count). The Morgan fingerprint density at radius 2 is 1.78 bits per heavy atom. The minimum atomic E-state index is 0.104. The van der Waals surface area contributed by atoms with Gasteiger partial charge in [-0.1, -0.05) is 62.2 Å². The van der Waals surface area contributed by atoms with E-state index < -0.39 is 0 Å². The fourth-order valence-electron chi connectivity index (χ4n) is 3.39. The van der Waals surface area contributed by atoms with E-state index in [1.807, 2.05) is 24.3 Å². The number of amides is 1. The van der Waals surface area contributed by atoms with Crippen LogP contribution < -0.4 is 5.32 Å². The maximum Gasteiger partial charge on any atom is 0.220 e. The lowest BCUT2D eigenvalue weighted by Crippen LogP contribution is -2.26. The summed E-state index contributed by atoms with van der Waals surface area (Å²) in [6.07, 6.45) is 5.66. The molecule has 0 atom stereocenters. The molecule has 4 nitrogen and oxygen atoms in total. The maximum absolute atomic E-state index is 12.1. The molecule has 0 unspecified atom stereocenters. The molecule has 27 heavy (non-hydrogen) atoms. The largest absolute Gasteiger partial charge is 0.356 e. The molecule has 4 heteroatoms. The summed E-state index contributed by atoms with van der Waals surface area (Å²) in [5.74, 6) is 1.17. The number of rotatable bonds is 10. The first-order valence-electron chi connectivity index (χ1n) is 10.0. The van der Waals surface area contributed by atoms with Gasteiger partial charge in [0.15, 0.2) is 0 Å². The normalized spacial score (nSPS) is 11.0. The zero-order valence-electron chi connectivity index (χ0n) is 16.2. The van der Waals surface area contributed by atoms with Gasteiger partial charge < -0.3 is 9.88 Å². The van der Waals surface area contributed by atoms with Crippen molar-refractivity contribution in [3.05, 3.63) is 66.0 Å². The number of fused-ring (bicyclic) bond motifs is 1. The summed E-state index contributed by atoms with van der Waals surface area (Å²) in [6.45, 7) is 3.84. The van der Waals surface area contributed by atoms with E-state index in [9.17, 15) is 4.79 Å². The molecule has 0 aliphatic heterocycles. The summed E-state index contributed by atoms with van der Waals surface area (Å²) in [6, 6.07) is 18.4. The average Bonchev–Trinajstić information content (AvgIpc) is 3.05. The van der Waals surface area contributed by atoms with Crippen molar-refractivity contribution in [1.29, 1.82) is 0 Å². The fourth-order valence-corrected chi connectivity index (χ4v) is 3.39. The second-order valence-electron chi connectivity index (χ2n) is 6.96. The van der Waals surface area contributed by atoms with Crippen molar-refractivity contribution in [2.75, 3.05) is 6.54 Å². The lowest BCUT2D eigenvalue weighted by atomic mass is 10.1. The molecule has 0 saturated heterocycles. The topological polar surface area (TPSA) is 46.9 Å². The van der Waals surface area contributed by atoms with Gasteiger partial charge in [0, 0.05) is 25.9 Å². The highest BCUT2D eigenvalue weighted by atomic mass is 16.1. The van der Waals surface area contributed by atoms with Gasteiger partial charge in [-0.3, -0.25) is 4.79 Å². The highest BCUT2D eigenvalue weighted by Crippen LogP contribution is 2.17. The van der Waals surface area contributed by atoms with Crippen LogP contribution in [0.15, 0.2) is 54.6 Å². The number of imidazole rings is 1. The smallest absolute Gasteiger partial charge is 0.220 e. The zero-order chi connectivity index (χ0) is 18.9. The molecular formula is C23H29N3O. The van der Waals surface area contributed by atoms with E-state index >= 15 is 0 Å². The number of hydrogen-bond donors (Lipinski definition) is 1. The van der Waals surface area contributed by atoms with Crippen LogP contribution in [-0.2, 0) is 24.2 Å². The lowest BCUT2D eigenvalue weighted by Gasteiger charge is -2.10. The molecular weight excluding hydrogens is 334 g/mol. The standard InChI is InChI=1S/C23H29N3O/c1-2-3-9-18-26-21-13-8-7-12-20(21)25-22(26)16-17-24-23(27)15-14-19-10-5-4-6-11-19/h4-8,10-13H,2-3,9,14-18H2,1H3,(H,24,27). The Balaban J connectivity index is 1.54. The number of carbonyl (C=O) groups excluding carboxylic acids is 1. The molecule has 0 bridgehead atoms. The van der Waals surface area contributed by atoms with Crippen molar-refractivity contribution in [1.82, 2.24) is 14.9 Å². The van der Waals surface area contributed by atoms with Crippen molar-refractivity contribution < 1.29 is 4.79 Å². The highest BCUT2D eigenvalue weighted by molar-refractivity contribution is 5.77. The molecule has 0 aliphatic rings. The molecule has 0 spiro atoms. The van der Waals surface area contributed by atoms with Gasteiger partial charge in [-0.05, 0) is 30.5 Å². The number of unbranched alkanes of at least 4 members (excludes halogenated alkanes) is 2. The first-order valence-corrected chi connectivity index (χ1v) is 10.0. The lowest BCUT2D eigenvalue weighted by molar-refractivity contribution is -0.121. The van der Waals surface area contributed by atoms with Gasteiger partial charge in [0.2, 0.25) is 5.91 Å². The van der Waals surface area contributed by atoms with Crippen molar-refractivity contribution in [3.63, 3.8) is 0 Å². The Bertz CT molecular complexity index is 854. The molecule has 142 valence electrons. The van der Waals surface area contributed by atoms with Gasteiger partial charge in [0.25, 0.3) is 0 Å². The first-order chi connectivity index (χ1) is 13.3. The molecule has 2 aromatic carbocycles. The number of aromatic nitrogens is 2. The maximum atomic E-state index is 12.1. The quantitative estimate of drug-likeness (QED) is 0.538. The Labute approximate surface area is 161 Å². The van der Waals surface area contributed by atoms with Crippen LogP contribution in [0.5, 0.6) is 0 Å². The van der Waals surface area contributed by atoms with Crippen LogP contribution in [0.25, 0.3) is 11.0 Å². The Morgan fingerprint density at radius 3 is 2.59 bits per heavy atom. The van der Waals surface area contributed by atoms with Crippen molar-refractivity contribution >= 4 is 16.9 Å². The number of nitrogens with one attached hydrogen (secondary N) is 1. The van der Waals surface area contributed by atoms with Crippen LogP contribution in [-0.4, -0.2) is 22.0 Å². The van der Waals surface area contributed by atoms with Crippen LogP contribution in [0.3, 0.4) is 0 Å². The van der Waals surface area contributed by atoms with Crippen molar-refractivity contribution in [3.8, 4) is 0 Å². The molecule has 1 amide bonds. The number of nitrogens with zero attached hydrogens (tertiary/aromatic N) is 2. The Kier molecular flexibility index (Phi) is 7.03. The molecule has 1 N–H and O–H groups in total. The third-order valence-corrected chi connectivity index (χ3v) is 4.87. The molecule has 0 radical (unpaired) electrons. The van der Waals surface area contributed by atoms with Gasteiger partial charge in [-0.25, -0.2) is 4.98 Å². The molecule has 0 fully saturated rings. The molecule has 1 heterocycles. The summed E-state index contributed by atoms with van der Waals surface area (Å²) in [5, 5.41) is 3.05. The predicted octanol–water partition coefficient (Wildman–Crippen LogP) is 4.52. The predicted molar refractivity (Wildman–Crippen MR) is 111 cm³/mol. The van der Waals surface area contributed by atoms with E-state index in [0.717, 1.165) is 37.1 Å². The van der Waals surface area contributed by atoms with Crippen LogP contribution in [0.2, 0.25) is 0 Å². The van der Waals surface area contributed by atoms with Crippen LogP contribution in [0.1, 0.15) is 44.0 Å². The van der Waals surface area contributed by atoms with Gasteiger partial charge in [-0.15, -0.1) is 0 Å². The second-order valence-corrected chi connectivity index (χ2v) is 6.96. The summed E-state index contributed by atoms with van der Waals surface area (Å²) in [4.78, 5) is 16.9. The van der Waals surface area contributed by atoms with Crippen LogP contribution in [0, 0.1) is 0 Å². The van der Waals surface area contributed by atoms with E-state index in [4.69, 9.17) is 4.98 Å². The summed E-state index contributed by atoms with van der Waals surface area (Å²) in [7, 11) is 0. The monoisotopic (exact) mass is 363 g/mol. The van der Waals surface area contributed by atoms with E-state index in [1.54, 1.807) is 0 Å². The third-order valence-electron chi connectivity index (χ3n) is 4.87. The number of carbonyl (C=O) groups is 1. The van der Waals surface area contributed by atoms with Crippen molar-refractivity contribution in [2.24, 2.45) is 0 Å². The summed E-state index contributed by atoms with van der Waals surface area (Å²) >= 11 is 0. The minimum absolute atomic E-state index is 0.104. The van der Waals surface area contributed by atoms with E-state index in [0.29, 0.717) is 13.0 Å². The average molecular weight is 364 g/mol. The SMILES string of the molecule is CCCCCn1c(CCNC(=O)CCc2ccccc2)nc2ccccc21. The van der Waals surface area contributed by atoms with E-state index in [1.165, 1.54) is 23.9 Å². The molecule has 3 aromatic rings. The fraction of sp³-hybridized carbons (Fsp3) is 0.391. The van der Waals surface area contributed by atoms with E-state index in [2.05, 4.69) is 47.1 Å². The Morgan fingerprint density at radius 1 is 1.00 bits per heavy atom. The number of benzene rings is 2. The van der Waals surface area contributed by atoms with E-state index in [-0.39, 0.29) is 5.91 Å². The van der Waals surface area contributed by atoms with Crippen LogP contribution in [0.4, 0.5) is 0 Å². The van der Waals surface area contributed by atoms with Gasteiger partial charge in [0.1, 0.15) is 5.82 Å². The van der Waals surface area contributed by atoms with Gasteiger partial charge >= 0.3 is 0 Å². The van der Waals surface area contributed by atoms with Gasteiger partial charge in [0.05, 0.1) is 11.0 Å². The zero-order valence-corrected chi connectivity index (χ0v) is 16.2. The minimum Gasteiger partial charge on any atom is -0.356 e. The Hall–Kier alpha value is -2.62. The van der Waals surface area contributed by atoms with Gasteiger partial charge in [-0.2, -0.15) is 0 Å². The van der Waals surface area contributed by atoms with Crippen LogP contribution >= 0.6 is 0 Å². The van der Waals surface area contributed by atoms with Crippen molar-refractivity contribution in [2.45, 2.75) is 52.0 Å². The highest BCUT2D eigenvalue weighted by Gasteiger charge is 2.10. The first kappa shape index (κ1) is 19.2. The molecule has 0 saturated carbocycles. The molecule has 0 aliphatic carbocycles. The number of aryl methyl sites for hydroxylation is 2. The second kappa shape index (κ2) is 9.91.